The van der Waals surface area contributed by atoms with Gasteiger partial charge in [0.25, 0.3) is 0 Å². The fraction of sp³-hybridized carbons (Fsp3) is 0.688. The number of carbonyl (C=O) groups is 1. The molecule has 0 saturated heterocycles. The second-order valence-corrected chi connectivity index (χ2v) is 7.22. The number of amides is 1. The molecule has 1 unspecified atom stereocenters. The van der Waals surface area contributed by atoms with E-state index in [1.165, 1.54) is 4.88 Å². The number of thiophene rings is 1. The Labute approximate surface area is 127 Å². The molecular weight excluding hydrogens is 268 g/mol. The lowest BCUT2D eigenvalue weighted by Gasteiger charge is -2.23. The summed E-state index contributed by atoms with van der Waals surface area (Å²) in [5.41, 5.74) is 5.78. The van der Waals surface area contributed by atoms with Crippen molar-refractivity contribution in [1.29, 1.82) is 0 Å². The van der Waals surface area contributed by atoms with Crippen LogP contribution in [-0.4, -0.2) is 12.5 Å². The number of nitrogens with one attached hydrogen (secondary N) is 1. The van der Waals surface area contributed by atoms with Gasteiger partial charge in [0.1, 0.15) is 0 Å². The lowest BCUT2D eigenvalue weighted by Crippen LogP contribution is -2.33. The van der Waals surface area contributed by atoms with Crippen molar-refractivity contribution in [1.82, 2.24) is 5.32 Å². The Morgan fingerprint density at radius 3 is 2.50 bits per heavy atom. The number of hydrogen-bond acceptors (Lipinski definition) is 3. The molecule has 20 heavy (non-hydrogen) atoms. The highest BCUT2D eigenvalue weighted by Crippen LogP contribution is 2.26. The Kier molecular flexibility index (Phi) is 7.24. The highest BCUT2D eigenvalue weighted by Gasteiger charge is 2.21. The number of hydrogen-bond donors (Lipinski definition) is 2. The van der Waals surface area contributed by atoms with Crippen molar-refractivity contribution in [3.05, 3.63) is 22.4 Å². The van der Waals surface area contributed by atoms with Gasteiger partial charge < -0.3 is 11.1 Å². The van der Waals surface area contributed by atoms with E-state index in [9.17, 15) is 4.79 Å². The van der Waals surface area contributed by atoms with Crippen LogP contribution in [0.1, 0.15) is 51.5 Å². The molecular formula is C16H28N2OS. The molecule has 0 aliphatic rings. The van der Waals surface area contributed by atoms with Crippen LogP contribution in [0, 0.1) is 17.8 Å². The summed E-state index contributed by atoms with van der Waals surface area (Å²) in [6.45, 7) is 9.20. The van der Waals surface area contributed by atoms with Crippen molar-refractivity contribution < 1.29 is 4.79 Å². The van der Waals surface area contributed by atoms with Crippen molar-refractivity contribution in [3.63, 3.8) is 0 Å². The molecule has 0 aliphatic heterocycles. The molecule has 3 nitrogen and oxygen atoms in total. The minimum Gasteiger partial charge on any atom is -0.348 e. The number of carbonyl (C=O) groups excluding carboxylic acids is 1. The van der Waals surface area contributed by atoms with Crippen LogP contribution < -0.4 is 11.1 Å². The predicted octanol–water partition coefficient (Wildman–Crippen LogP) is 3.57. The van der Waals surface area contributed by atoms with Gasteiger partial charge in [-0.3, -0.25) is 4.79 Å². The highest BCUT2D eigenvalue weighted by molar-refractivity contribution is 7.10. The van der Waals surface area contributed by atoms with Crippen LogP contribution in [0.15, 0.2) is 17.5 Å². The maximum absolute atomic E-state index is 12.2. The van der Waals surface area contributed by atoms with E-state index in [2.05, 4.69) is 44.5 Å². The molecule has 1 aromatic heterocycles. The van der Waals surface area contributed by atoms with Crippen LogP contribution in [-0.2, 0) is 4.79 Å². The molecule has 3 N–H and O–H groups in total. The summed E-state index contributed by atoms with van der Waals surface area (Å²) in [4.78, 5) is 13.5. The van der Waals surface area contributed by atoms with E-state index >= 15 is 0 Å². The fourth-order valence-electron chi connectivity index (χ4n) is 2.46. The van der Waals surface area contributed by atoms with E-state index < -0.39 is 0 Å². The van der Waals surface area contributed by atoms with E-state index in [4.69, 9.17) is 5.73 Å². The van der Waals surface area contributed by atoms with Gasteiger partial charge in [-0.25, -0.2) is 0 Å². The molecule has 4 heteroatoms. The highest BCUT2D eigenvalue weighted by atomic mass is 32.1. The van der Waals surface area contributed by atoms with Crippen LogP contribution in [0.4, 0.5) is 0 Å². The third-order valence-electron chi connectivity index (χ3n) is 3.45. The molecule has 114 valence electrons. The number of nitrogens with two attached hydrogens (primary N) is 1. The summed E-state index contributed by atoms with van der Waals surface area (Å²) >= 11 is 1.70. The van der Waals surface area contributed by atoms with Gasteiger partial charge in [0, 0.05) is 11.3 Å². The summed E-state index contributed by atoms with van der Waals surface area (Å²) in [5.74, 6) is 1.37. The third-order valence-corrected chi connectivity index (χ3v) is 4.40. The SMILES string of the molecule is CC(C)C[C@H](CN)CC(=O)NC(c1cccs1)C(C)C. The summed E-state index contributed by atoms with van der Waals surface area (Å²) < 4.78 is 0. The maximum atomic E-state index is 12.2. The molecule has 0 spiro atoms. The first-order valence-corrected chi connectivity index (χ1v) is 8.34. The zero-order valence-electron chi connectivity index (χ0n) is 13.1. The van der Waals surface area contributed by atoms with E-state index in [0.29, 0.717) is 24.8 Å². The summed E-state index contributed by atoms with van der Waals surface area (Å²) in [6, 6.07) is 4.23. The third kappa shape index (κ3) is 5.63. The van der Waals surface area contributed by atoms with Gasteiger partial charge in [-0.2, -0.15) is 0 Å². The second kappa shape index (κ2) is 8.42. The van der Waals surface area contributed by atoms with Crippen molar-refractivity contribution in [2.45, 2.75) is 46.6 Å². The lowest BCUT2D eigenvalue weighted by molar-refractivity contribution is -0.123. The monoisotopic (exact) mass is 296 g/mol. The van der Waals surface area contributed by atoms with Gasteiger partial charge in [0.05, 0.1) is 6.04 Å². The van der Waals surface area contributed by atoms with E-state index in [0.717, 1.165) is 6.42 Å². The predicted molar refractivity (Wildman–Crippen MR) is 86.7 cm³/mol. The molecule has 0 fully saturated rings. The van der Waals surface area contributed by atoms with Gasteiger partial charge in [-0.1, -0.05) is 33.8 Å². The van der Waals surface area contributed by atoms with Crippen LogP contribution in [0.3, 0.4) is 0 Å². The molecule has 1 amide bonds. The van der Waals surface area contributed by atoms with Gasteiger partial charge in [-0.15, -0.1) is 11.3 Å². The smallest absolute Gasteiger partial charge is 0.220 e. The molecule has 0 radical (unpaired) electrons. The first-order chi connectivity index (χ1) is 9.43. The molecule has 0 saturated carbocycles. The largest absolute Gasteiger partial charge is 0.348 e. The average Bonchev–Trinajstić information content (AvgIpc) is 2.87. The van der Waals surface area contributed by atoms with E-state index in [1.807, 2.05) is 6.07 Å². The molecule has 0 bridgehead atoms. The summed E-state index contributed by atoms with van der Waals surface area (Å²) in [6.07, 6.45) is 1.54. The van der Waals surface area contributed by atoms with Crippen LogP contribution >= 0.6 is 11.3 Å². The minimum absolute atomic E-state index is 0.111. The van der Waals surface area contributed by atoms with Gasteiger partial charge >= 0.3 is 0 Å². The van der Waals surface area contributed by atoms with Crippen molar-refractivity contribution in [2.75, 3.05) is 6.54 Å². The average molecular weight is 296 g/mol. The first kappa shape index (κ1) is 17.2. The van der Waals surface area contributed by atoms with Crippen molar-refractivity contribution >= 4 is 17.2 Å². The van der Waals surface area contributed by atoms with Gasteiger partial charge in [-0.05, 0) is 42.2 Å². The second-order valence-electron chi connectivity index (χ2n) is 6.24. The molecule has 1 heterocycles. The van der Waals surface area contributed by atoms with Crippen molar-refractivity contribution in [3.8, 4) is 0 Å². The fourth-order valence-corrected chi connectivity index (χ4v) is 3.41. The molecule has 2 atom stereocenters. The normalized spacial score (nSPS) is 14.6. The standard InChI is InChI=1S/C16H28N2OS/c1-11(2)8-13(10-17)9-15(19)18-16(12(3)4)14-6-5-7-20-14/h5-7,11-13,16H,8-10,17H2,1-4H3,(H,18,19)/t13-,16?/m0/s1. The summed E-state index contributed by atoms with van der Waals surface area (Å²) in [5, 5.41) is 5.23. The zero-order valence-corrected chi connectivity index (χ0v) is 13.9. The van der Waals surface area contributed by atoms with Gasteiger partial charge in [0.2, 0.25) is 5.91 Å². The van der Waals surface area contributed by atoms with Gasteiger partial charge in [0.15, 0.2) is 0 Å². The summed E-state index contributed by atoms with van der Waals surface area (Å²) in [7, 11) is 0. The minimum atomic E-state index is 0.111. The topological polar surface area (TPSA) is 55.1 Å². The Morgan fingerprint density at radius 2 is 2.05 bits per heavy atom. The quantitative estimate of drug-likeness (QED) is 0.770. The van der Waals surface area contributed by atoms with E-state index in [-0.39, 0.29) is 17.9 Å². The molecule has 0 aromatic carbocycles. The van der Waals surface area contributed by atoms with Crippen molar-refractivity contribution in [2.24, 2.45) is 23.5 Å². The Bertz CT molecular complexity index is 387. The molecule has 0 aliphatic carbocycles. The van der Waals surface area contributed by atoms with Crippen LogP contribution in [0.2, 0.25) is 0 Å². The zero-order chi connectivity index (χ0) is 15.1. The molecule has 1 aromatic rings. The maximum Gasteiger partial charge on any atom is 0.220 e. The molecule has 1 rings (SSSR count). The van der Waals surface area contributed by atoms with Crippen LogP contribution in [0.25, 0.3) is 0 Å². The Morgan fingerprint density at radius 1 is 1.35 bits per heavy atom. The Balaban J connectivity index is 2.58. The first-order valence-electron chi connectivity index (χ1n) is 7.46. The lowest BCUT2D eigenvalue weighted by atomic mass is 9.93. The van der Waals surface area contributed by atoms with Crippen LogP contribution in [0.5, 0.6) is 0 Å². The Hall–Kier alpha value is -0.870. The van der Waals surface area contributed by atoms with E-state index in [1.54, 1.807) is 11.3 Å². The number of rotatable bonds is 8.